The van der Waals surface area contributed by atoms with Crippen LogP contribution in [0.4, 0.5) is 5.13 Å². The van der Waals surface area contributed by atoms with Crippen LogP contribution < -0.4 is 15.8 Å². The summed E-state index contributed by atoms with van der Waals surface area (Å²) in [6.45, 7) is 0.942. The lowest BCUT2D eigenvalue weighted by Crippen LogP contribution is -2.51. The Morgan fingerprint density at radius 2 is 1.86 bits per heavy atom. The molecule has 1 aliphatic rings. The molecule has 12 heteroatoms. The molecule has 1 amide bonds. The van der Waals surface area contributed by atoms with Gasteiger partial charge in [-0.05, 0) is 43.0 Å². The number of aromatic nitrogens is 2. The van der Waals surface area contributed by atoms with Crippen LogP contribution in [0.25, 0.3) is 10.3 Å². The van der Waals surface area contributed by atoms with E-state index in [-0.39, 0.29) is 10.8 Å². The molecule has 1 saturated carbocycles. The Bertz CT molecular complexity index is 1380. The molecule has 0 saturated heterocycles. The van der Waals surface area contributed by atoms with Gasteiger partial charge in [-0.1, -0.05) is 49.2 Å². The summed E-state index contributed by atoms with van der Waals surface area (Å²) in [5.74, 6) is -1.60. The number of sulfone groups is 1. The molecule has 0 bridgehead atoms. The van der Waals surface area contributed by atoms with E-state index >= 15 is 0 Å². The van der Waals surface area contributed by atoms with Gasteiger partial charge in [-0.15, -0.1) is 0 Å². The molecule has 2 heterocycles. The monoisotopic (exact) mass is 532 g/mol. The van der Waals surface area contributed by atoms with Crippen molar-refractivity contribution in [2.24, 2.45) is 11.7 Å². The highest BCUT2D eigenvalue weighted by Gasteiger charge is 2.44. The number of hydrogen-bond acceptors (Lipinski definition) is 9. The molecule has 0 radical (unpaired) electrons. The predicted octanol–water partition coefficient (Wildman–Crippen LogP) is 3.54. The van der Waals surface area contributed by atoms with Crippen molar-refractivity contribution in [3.8, 4) is 5.88 Å². The predicted molar refractivity (Wildman–Crippen MR) is 136 cm³/mol. The molecular weight excluding hydrogens is 504 g/mol. The van der Waals surface area contributed by atoms with Crippen molar-refractivity contribution < 1.29 is 27.9 Å². The first-order valence-electron chi connectivity index (χ1n) is 11.5. The molecule has 0 spiro atoms. The molecule has 36 heavy (non-hydrogen) atoms. The second-order valence-electron chi connectivity index (χ2n) is 9.11. The quantitative estimate of drug-likeness (QED) is 0.374. The van der Waals surface area contributed by atoms with Crippen molar-refractivity contribution in [1.29, 1.82) is 0 Å². The van der Waals surface area contributed by atoms with E-state index in [1.54, 1.807) is 24.3 Å². The van der Waals surface area contributed by atoms with E-state index in [0.717, 1.165) is 32.6 Å². The van der Waals surface area contributed by atoms with Gasteiger partial charge in [0.1, 0.15) is 10.3 Å². The lowest BCUT2D eigenvalue weighted by Gasteiger charge is -2.22. The van der Waals surface area contributed by atoms with Gasteiger partial charge in [-0.2, -0.15) is 0 Å². The minimum atomic E-state index is -4.34. The van der Waals surface area contributed by atoms with Crippen LogP contribution >= 0.6 is 11.3 Å². The van der Waals surface area contributed by atoms with Gasteiger partial charge in [-0.25, -0.2) is 23.2 Å². The number of carboxylic acids is 1. The normalized spacial score (nSPS) is 17.0. The Kier molecular flexibility index (Phi) is 7.30. The van der Waals surface area contributed by atoms with Crippen LogP contribution in [-0.2, 0) is 19.4 Å². The number of pyridine rings is 1. The Morgan fingerprint density at radius 3 is 2.47 bits per heavy atom. The minimum Gasteiger partial charge on any atom is -0.481 e. The summed E-state index contributed by atoms with van der Waals surface area (Å²) < 4.78 is 30.7. The van der Waals surface area contributed by atoms with Gasteiger partial charge in [0.2, 0.25) is 26.5 Å². The number of rotatable bonds is 9. The molecule has 4 rings (SSSR count). The number of carboxylic acid groups (broad SMARTS) is 1. The molecule has 4 N–H and O–H groups in total. The molecule has 1 unspecified atom stereocenters. The number of ether oxygens (including phenoxy) is 1. The highest BCUT2D eigenvalue weighted by molar-refractivity contribution is 7.93. The van der Waals surface area contributed by atoms with Crippen molar-refractivity contribution in [3.05, 3.63) is 42.0 Å². The van der Waals surface area contributed by atoms with Gasteiger partial charge in [0.05, 0.1) is 17.9 Å². The number of aliphatic carboxylic acids is 1. The highest BCUT2D eigenvalue weighted by Crippen LogP contribution is 2.36. The van der Waals surface area contributed by atoms with Crippen molar-refractivity contribution in [2.75, 3.05) is 12.4 Å². The van der Waals surface area contributed by atoms with Gasteiger partial charge < -0.3 is 20.9 Å². The Labute approximate surface area is 212 Å². The van der Waals surface area contributed by atoms with Crippen molar-refractivity contribution in [2.45, 2.75) is 54.7 Å². The van der Waals surface area contributed by atoms with E-state index in [0.29, 0.717) is 39.3 Å². The lowest BCUT2D eigenvalue weighted by atomic mass is 9.87. The zero-order chi connectivity index (χ0) is 26.1. The fourth-order valence-electron chi connectivity index (χ4n) is 4.37. The van der Waals surface area contributed by atoms with E-state index in [2.05, 4.69) is 15.3 Å². The number of nitrogens with one attached hydrogen (secondary N) is 1. The third kappa shape index (κ3) is 5.06. The van der Waals surface area contributed by atoms with Crippen LogP contribution in [0.15, 0.2) is 41.3 Å². The number of amides is 1. The first kappa shape index (κ1) is 26.0. The summed E-state index contributed by atoms with van der Waals surface area (Å²) >= 11 is 1.24. The maximum absolute atomic E-state index is 13.4. The molecule has 1 aliphatic carbocycles. The Balaban J connectivity index is 1.61. The fourth-order valence-corrected chi connectivity index (χ4v) is 6.42. The molecule has 3 aromatic rings. The van der Waals surface area contributed by atoms with E-state index in [1.165, 1.54) is 30.6 Å². The number of anilines is 1. The van der Waals surface area contributed by atoms with Crippen LogP contribution in [0.2, 0.25) is 0 Å². The Hall–Kier alpha value is -3.09. The number of nitrogens with two attached hydrogens (primary N) is 1. The fraction of sp³-hybridized carbons (Fsp3) is 0.417. The Morgan fingerprint density at radius 1 is 1.19 bits per heavy atom. The first-order valence-corrected chi connectivity index (χ1v) is 13.8. The van der Waals surface area contributed by atoms with E-state index in [9.17, 15) is 23.1 Å². The maximum Gasteiger partial charge on any atom is 0.339 e. The molecule has 1 fully saturated rings. The molecule has 2 atom stereocenters. The van der Waals surface area contributed by atoms with Crippen LogP contribution in [0.5, 0.6) is 5.88 Å². The molecule has 192 valence electrons. The highest BCUT2D eigenvalue weighted by atomic mass is 32.2. The number of carbonyl (C=O) groups excluding carboxylic acids is 1. The summed E-state index contributed by atoms with van der Waals surface area (Å²) in [5, 5.41) is 12.6. The SMILES string of the molecule is COc1ccc2nc(NC(=O)[C@H](CC3CCCC3)c3ccc(S(=O)(=O)C(C)(N)C(=O)O)cc3)sc2n1. The van der Waals surface area contributed by atoms with Crippen molar-refractivity contribution in [3.63, 3.8) is 0 Å². The first-order chi connectivity index (χ1) is 17.0. The third-order valence-corrected chi connectivity index (χ3v) is 9.67. The van der Waals surface area contributed by atoms with Gasteiger partial charge in [0.25, 0.3) is 0 Å². The van der Waals surface area contributed by atoms with Crippen LogP contribution in [0.3, 0.4) is 0 Å². The maximum atomic E-state index is 13.4. The number of benzene rings is 1. The summed E-state index contributed by atoms with van der Waals surface area (Å²) in [7, 11) is -2.81. The number of carbonyl (C=O) groups is 2. The number of hydrogen-bond donors (Lipinski definition) is 3. The molecule has 0 aliphatic heterocycles. The molecular formula is C24H28N4O6S2. The average molecular weight is 533 g/mol. The average Bonchev–Trinajstić information content (AvgIpc) is 3.51. The van der Waals surface area contributed by atoms with Crippen LogP contribution in [0, 0.1) is 5.92 Å². The summed E-state index contributed by atoms with van der Waals surface area (Å²) in [6, 6.07) is 9.18. The number of thiazole rings is 1. The van der Waals surface area contributed by atoms with E-state index in [1.807, 2.05) is 0 Å². The largest absolute Gasteiger partial charge is 0.481 e. The zero-order valence-corrected chi connectivity index (χ0v) is 21.6. The van der Waals surface area contributed by atoms with Crippen molar-refractivity contribution >= 4 is 48.5 Å². The number of nitrogens with zero attached hydrogens (tertiary/aromatic N) is 2. The summed E-state index contributed by atoms with van der Waals surface area (Å²) in [6.07, 6.45) is 4.91. The molecule has 1 aromatic carbocycles. The van der Waals surface area contributed by atoms with E-state index < -0.39 is 26.6 Å². The van der Waals surface area contributed by atoms with Crippen LogP contribution in [0.1, 0.15) is 50.5 Å². The van der Waals surface area contributed by atoms with Gasteiger partial charge in [0.15, 0.2) is 5.13 Å². The smallest absolute Gasteiger partial charge is 0.339 e. The van der Waals surface area contributed by atoms with E-state index in [4.69, 9.17) is 10.5 Å². The second-order valence-corrected chi connectivity index (χ2v) is 12.4. The second kappa shape index (κ2) is 10.1. The van der Waals surface area contributed by atoms with Crippen molar-refractivity contribution in [1.82, 2.24) is 9.97 Å². The van der Waals surface area contributed by atoms with Gasteiger partial charge in [-0.3, -0.25) is 4.79 Å². The number of methoxy groups -OCH3 is 1. The van der Waals surface area contributed by atoms with Gasteiger partial charge in [0, 0.05) is 6.07 Å². The van der Waals surface area contributed by atoms with Gasteiger partial charge >= 0.3 is 5.97 Å². The third-order valence-electron chi connectivity index (χ3n) is 6.61. The molecule has 2 aromatic heterocycles. The minimum absolute atomic E-state index is 0.218. The lowest BCUT2D eigenvalue weighted by molar-refractivity contribution is -0.139. The zero-order valence-electron chi connectivity index (χ0n) is 19.9. The topological polar surface area (TPSA) is 162 Å². The molecule has 10 nitrogen and oxygen atoms in total. The standard InChI is InChI=1S/C24H28N4O6S2/c1-24(25,22(30)31)36(32,33)16-9-7-15(8-10-16)17(13-14-5-3-4-6-14)20(29)28-23-26-18-11-12-19(34-2)27-21(18)35-23/h7-12,14,17H,3-6,13,25H2,1-2H3,(H,30,31)(H,26,28,29)/t17-,24?/m1/s1. The van der Waals surface area contributed by atoms with Crippen LogP contribution in [-0.4, -0.2) is 47.3 Å². The summed E-state index contributed by atoms with van der Waals surface area (Å²) in [4.78, 5) is 31.6. The number of fused-ring (bicyclic) bond motifs is 1. The summed E-state index contributed by atoms with van der Waals surface area (Å²) in [5.41, 5.74) is 6.86.